The van der Waals surface area contributed by atoms with E-state index in [1.807, 2.05) is 13.0 Å². The predicted octanol–water partition coefficient (Wildman–Crippen LogP) is 2.67. The molecule has 1 atom stereocenters. The second-order valence-corrected chi connectivity index (χ2v) is 4.49. The molecule has 2 rings (SSSR count). The summed E-state index contributed by atoms with van der Waals surface area (Å²) >= 11 is 4.38. The summed E-state index contributed by atoms with van der Waals surface area (Å²) in [7, 11) is 4.11. The van der Waals surface area contributed by atoms with Crippen molar-refractivity contribution in [3.05, 3.63) is 29.7 Å². The Kier molecular flexibility index (Phi) is 3.21. The molecule has 1 aromatic heterocycles. The molecule has 2 aromatic rings. The molecule has 0 saturated carbocycles. The Balaban J connectivity index is 2.44. The summed E-state index contributed by atoms with van der Waals surface area (Å²) < 4.78 is 5.45. The molecule has 4 heteroatoms. The first-order valence-corrected chi connectivity index (χ1v) is 5.89. The molecule has 86 valence electrons. The lowest BCUT2D eigenvalue weighted by atomic mass is 10.1. The SMILES string of the molecule is Cc1nc2cc(C(CS)N(C)C)ccc2o1. The summed E-state index contributed by atoms with van der Waals surface area (Å²) in [5, 5.41) is 0. The Morgan fingerprint density at radius 1 is 1.44 bits per heavy atom. The van der Waals surface area contributed by atoms with Crippen molar-refractivity contribution in [2.24, 2.45) is 0 Å². The van der Waals surface area contributed by atoms with Crippen LogP contribution in [-0.2, 0) is 0 Å². The highest BCUT2D eigenvalue weighted by Crippen LogP contribution is 2.24. The second kappa shape index (κ2) is 4.47. The van der Waals surface area contributed by atoms with Gasteiger partial charge >= 0.3 is 0 Å². The highest BCUT2D eigenvalue weighted by atomic mass is 32.1. The van der Waals surface area contributed by atoms with Gasteiger partial charge in [-0.2, -0.15) is 12.6 Å². The number of hydrogen-bond donors (Lipinski definition) is 1. The number of fused-ring (bicyclic) bond motifs is 1. The van der Waals surface area contributed by atoms with Gasteiger partial charge in [-0.1, -0.05) is 6.07 Å². The van der Waals surface area contributed by atoms with Gasteiger partial charge in [-0.15, -0.1) is 0 Å². The third-order valence-electron chi connectivity index (χ3n) is 2.70. The van der Waals surface area contributed by atoms with Crippen molar-refractivity contribution in [1.29, 1.82) is 0 Å². The standard InChI is InChI=1S/C12H16N2OS/c1-8-13-10-6-9(4-5-12(10)15-8)11(7-16)14(2)3/h4-6,11,16H,7H2,1-3H3. The minimum Gasteiger partial charge on any atom is -0.441 e. The Hall–Kier alpha value is -1.00. The van der Waals surface area contributed by atoms with Crippen molar-refractivity contribution < 1.29 is 4.42 Å². The minimum absolute atomic E-state index is 0.310. The molecular weight excluding hydrogens is 220 g/mol. The van der Waals surface area contributed by atoms with E-state index in [9.17, 15) is 0 Å². The van der Waals surface area contributed by atoms with Crippen LogP contribution >= 0.6 is 12.6 Å². The first kappa shape index (κ1) is 11.5. The maximum Gasteiger partial charge on any atom is 0.192 e. The summed E-state index contributed by atoms with van der Waals surface area (Å²) in [4.78, 5) is 6.49. The Bertz CT molecular complexity index is 493. The number of oxazole rings is 1. The summed E-state index contributed by atoms with van der Waals surface area (Å²) in [6.07, 6.45) is 0. The molecule has 0 saturated heterocycles. The zero-order valence-corrected chi connectivity index (χ0v) is 10.7. The van der Waals surface area contributed by atoms with Crippen LogP contribution in [0.2, 0.25) is 0 Å². The summed E-state index contributed by atoms with van der Waals surface area (Å²) in [6, 6.07) is 6.44. The van der Waals surface area contributed by atoms with Crippen molar-refractivity contribution in [3.8, 4) is 0 Å². The maximum absolute atomic E-state index is 5.45. The second-order valence-electron chi connectivity index (χ2n) is 4.12. The molecule has 0 aliphatic rings. The fraction of sp³-hybridized carbons (Fsp3) is 0.417. The molecule has 0 aliphatic carbocycles. The summed E-state index contributed by atoms with van der Waals surface area (Å²) in [6.45, 7) is 1.86. The van der Waals surface area contributed by atoms with E-state index in [1.165, 1.54) is 5.56 Å². The quantitative estimate of drug-likeness (QED) is 0.831. The molecule has 0 aliphatic heterocycles. The number of thiol groups is 1. The van der Waals surface area contributed by atoms with Gasteiger partial charge in [0.15, 0.2) is 11.5 Å². The van der Waals surface area contributed by atoms with Crippen molar-refractivity contribution in [3.63, 3.8) is 0 Å². The normalized spacial score (nSPS) is 13.6. The van der Waals surface area contributed by atoms with Crippen LogP contribution in [0.25, 0.3) is 11.1 Å². The summed E-state index contributed by atoms with van der Waals surface area (Å²) in [5.74, 6) is 1.49. The molecule has 0 amide bonds. The van der Waals surface area contributed by atoms with Crippen LogP contribution in [0.15, 0.2) is 22.6 Å². The molecule has 0 spiro atoms. The predicted molar refractivity (Wildman–Crippen MR) is 69.0 cm³/mol. The van der Waals surface area contributed by atoms with E-state index in [4.69, 9.17) is 4.42 Å². The lowest BCUT2D eigenvalue weighted by Gasteiger charge is -2.22. The minimum atomic E-state index is 0.310. The maximum atomic E-state index is 5.45. The van der Waals surface area contributed by atoms with E-state index in [-0.39, 0.29) is 0 Å². The molecule has 0 bridgehead atoms. The average molecular weight is 236 g/mol. The van der Waals surface area contributed by atoms with E-state index in [0.717, 1.165) is 16.9 Å². The smallest absolute Gasteiger partial charge is 0.192 e. The zero-order chi connectivity index (χ0) is 11.7. The zero-order valence-electron chi connectivity index (χ0n) is 9.77. The third kappa shape index (κ3) is 2.08. The average Bonchev–Trinajstić information content (AvgIpc) is 2.57. The van der Waals surface area contributed by atoms with Crippen molar-refractivity contribution in [1.82, 2.24) is 9.88 Å². The largest absolute Gasteiger partial charge is 0.441 e. The van der Waals surface area contributed by atoms with Crippen molar-refractivity contribution in [2.75, 3.05) is 19.8 Å². The van der Waals surface area contributed by atoms with Crippen LogP contribution in [-0.4, -0.2) is 29.7 Å². The lowest BCUT2D eigenvalue weighted by molar-refractivity contribution is 0.327. The van der Waals surface area contributed by atoms with Gasteiger partial charge < -0.3 is 9.32 Å². The van der Waals surface area contributed by atoms with Crippen LogP contribution in [0.1, 0.15) is 17.5 Å². The molecule has 16 heavy (non-hydrogen) atoms. The lowest BCUT2D eigenvalue weighted by Crippen LogP contribution is -2.21. The van der Waals surface area contributed by atoms with E-state index < -0.39 is 0 Å². The van der Waals surface area contributed by atoms with Gasteiger partial charge in [-0.25, -0.2) is 4.98 Å². The third-order valence-corrected chi connectivity index (χ3v) is 3.05. The van der Waals surface area contributed by atoms with Gasteiger partial charge in [-0.3, -0.25) is 0 Å². The van der Waals surface area contributed by atoms with Crippen LogP contribution in [0.4, 0.5) is 0 Å². The number of nitrogens with zero attached hydrogens (tertiary/aromatic N) is 2. The molecule has 1 heterocycles. The molecule has 1 aromatic carbocycles. The first-order valence-electron chi connectivity index (χ1n) is 5.26. The van der Waals surface area contributed by atoms with Crippen LogP contribution in [0, 0.1) is 6.92 Å². The molecular formula is C12H16N2OS. The van der Waals surface area contributed by atoms with E-state index >= 15 is 0 Å². The number of aromatic nitrogens is 1. The van der Waals surface area contributed by atoms with Crippen molar-refractivity contribution >= 4 is 23.7 Å². The molecule has 0 N–H and O–H groups in total. The van der Waals surface area contributed by atoms with Gasteiger partial charge in [0.25, 0.3) is 0 Å². The van der Waals surface area contributed by atoms with Gasteiger partial charge in [0.1, 0.15) is 5.52 Å². The molecule has 0 radical (unpaired) electrons. The summed E-state index contributed by atoms with van der Waals surface area (Å²) in [5.41, 5.74) is 2.99. The number of rotatable bonds is 3. The van der Waals surface area contributed by atoms with E-state index in [2.05, 4.69) is 48.7 Å². The number of hydrogen-bond acceptors (Lipinski definition) is 4. The highest BCUT2D eigenvalue weighted by Gasteiger charge is 2.13. The van der Waals surface area contributed by atoms with Gasteiger partial charge in [0, 0.05) is 18.7 Å². The van der Waals surface area contributed by atoms with Crippen molar-refractivity contribution in [2.45, 2.75) is 13.0 Å². The van der Waals surface area contributed by atoms with Crippen LogP contribution < -0.4 is 0 Å². The van der Waals surface area contributed by atoms with Crippen LogP contribution in [0.3, 0.4) is 0 Å². The number of aryl methyl sites for hydroxylation is 1. The van der Waals surface area contributed by atoms with Crippen LogP contribution in [0.5, 0.6) is 0 Å². The first-order chi connectivity index (χ1) is 7.61. The van der Waals surface area contributed by atoms with E-state index in [1.54, 1.807) is 0 Å². The molecule has 3 nitrogen and oxygen atoms in total. The van der Waals surface area contributed by atoms with E-state index in [0.29, 0.717) is 11.9 Å². The topological polar surface area (TPSA) is 29.3 Å². The van der Waals surface area contributed by atoms with Gasteiger partial charge in [0.05, 0.1) is 0 Å². The van der Waals surface area contributed by atoms with Gasteiger partial charge in [0.2, 0.25) is 0 Å². The fourth-order valence-corrected chi connectivity index (χ4v) is 2.37. The molecule has 0 fully saturated rings. The monoisotopic (exact) mass is 236 g/mol. The molecule has 1 unspecified atom stereocenters. The fourth-order valence-electron chi connectivity index (χ4n) is 1.83. The Morgan fingerprint density at radius 2 is 2.19 bits per heavy atom. The van der Waals surface area contributed by atoms with Gasteiger partial charge in [-0.05, 0) is 31.8 Å². The Labute approximate surface area is 101 Å². The Morgan fingerprint density at radius 3 is 2.81 bits per heavy atom. The highest BCUT2D eigenvalue weighted by molar-refractivity contribution is 7.80. The number of benzene rings is 1.